The Hall–Kier alpha value is -2.19. The number of primary amides is 1. The van der Waals surface area contributed by atoms with Gasteiger partial charge in [0.05, 0.1) is 6.61 Å². The fraction of sp³-hybridized carbons (Fsp3) is 0.462. The van der Waals surface area contributed by atoms with Crippen LogP contribution in [-0.2, 0) is 9.47 Å². The summed E-state index contributed by atoms with van der Waals surface area (Å²) in [6.45, 7) is 4.30. The lowest BCUT2D eigenvalue weighted by atomic mass is 10.3. The summed E-state index contributed by atoms with van der Waals surface area (Å²) in [4.78, 5) is 15.7. The Morgan fingerprint density at radius 1 is 1.62 bits per heavy atom. The van der Waals surface area contributed by atoms with Gasteiger partial charge < -0.3 is 19.9 Å². The Labute approximate surface area is 120 Å². The van der Waals surface area contributed by atoms with E-state index in [9.17, 15) is 4.79 Å². The molecule has 2 N–H and O–H groups in total. The van der Waals surface area contributed by atoms with Crippen molar-refractivity contribution in [2.75, 3.05) is 13.2 Å². The summed E-state index contributed by atoms with van der Waals surface area (Å²) < 4.78 is 18.1. The van der Waals surface area contributed by atoms with E-state index in [0.717, 1.165) is 0 Å². The first-order valence-corrected chi connectivity index (χ1v) is 6.54. The van der Waals surface area contributed by atoms with Crippen LogP contribution in [0, 0.1) is 0 Å². The average Bonchev–Trinajstić information content (AvgIpc) is 2.95. The van der Waals surface area contributed by atoms with Gasteiger partial charge in [-0.3, -0.25) is 4.79 Å². The number of hydrogen-bond donors (Lipinski definition) is 1. The molecule has 2 aromatic heterocycles. The van der Waals surface area contributed by atoms with Gasteiger partial charge in [-0.2, -0.15) is 0 Å². The van der Waals surface area contributed by atoms with Crippen LogP contribution in [0.3, 0.4) is 0 Å². The van der Waals surface area contributed by atoms with E-state index in [4.69, 9.17) is 19.9 Å². The first-order valence-electron chi connectivity index (χ1n) is 6.54. The third kappa shape index (κ3) is 2.67. The second-order valence-electron chi connectivity index (χ2n) is 5.19. The van der Waals surface area contributed by atoms with Crippen molar-refractivity contribution < 1.29 is 19.0 Å². The molecule has 1 aliphatic heterocycles. The molecular weight excluding hydrogens is 276 g/mol. The summed E-state index contributed by atoms with van der Waals surface area (Å²) in [7, 11) is 0. The fourth-order valence-electron chi connectivity index (χ4n) is 2.20. The third-order valence-electron chi connectivity index (χ3n) is 3.08. The molecule has 8 nitrogen and oxygen atoms in total. The van der Waals surface area contributed by atoms with Crippen LogP contribution in [-0.4, -0.2) is 45.6 Å². The smallest absolute Gasteiger partial charge is 0.258 e. The molecule has 3 rings (SSSR count). The minimum Gasteiger partial charge on any atom is -0.473 e. The Kier molecular flexibility index (Phi) is 3.26. The molecule has 1 saturated heterocycles. The van der Waals surface area contributed by atoms with Gasteiger partial charge in [-0.05, 0) is 19.9 Å². The third-order valence-corrected chi connectivity index (χ3v) is 3.08. The van der Waals surface area contributed by atoms with Crippen LogP contribution in [0.4, 0.5) is 0 Å². The van der Waals surface area contributed by atoms with E-state index in [2.05, 4.69) is 10.1 Å². The van der Waals surface area contributed by atoms with Crippen LogP contribution in [0.25, 0.3) is 5.65 Å². The highest BCUT2D eigenvalue weighted by atomic mass is 16.7. The molecule has 0 aromatic carbocycles. The van der Waals surface area contributed by atoms with E-state index in [-0.39, 0.29) is 24.2 Å². The molecule has 3 heterocycles. The van der Waals surface area contributed by atoms with Crippen molar-refractivity contribution in [3.8, 4) is 5.88 Å². The number of aromatic nitrogens is 3. The summed E-state index contributed by atoms with van der Waals surface area (Å²) in [5.74, 6) is -1.11. The number of hydrogen-bond acceptors (Lipinski definition) is 6. The maximum atomic E-state index is 11.6. The molecule has 0 radical (unpaired) electrons. The molecule has 0 saturated carbocycles. The number of nitrogens with two attached hydrogens (primary N) is 1. The van der Waals surface area contributed by atoms with Crippen LogP contribution >= 0.6 is 0 Å². The largest absolute Gasteiger partial charge is 0.473 e. The van der Waals surface area contributed by atoms with Gasteiger partial charge in [0.15, 0.2) is 11.4 Å². The monoisotopic (exact) mass is 292 g/mol. The Morgan fingerprint density at radius 2 is 2.43 bits per heavy atom. The molecule has 2 aromatic rings. The van der Waals surface area contributed by atoms with Crippen LogP contribution in [0.5, 0.6) is 5.88 Å². The zero-order chi connectivity index (χ0) is 15.0. The van der Waals surface area contributed by atoms with Crippen molar-refractivity contribution in [3.63, 3.8) is 0 Å². The Morgan fingerprint density at radius 3 is 3.10 bits per heavy atom. The number of amides is 1. The van der Waals surface area contributed by atoms with Gasteiger partial charge in [0, 0.05) is 12.4 Å². The SMILES string of the molecule is CC1(C)OC[C@H](COc2nn3cccnc3c2C(N)=O)O1. The summed E-state index contributed by atoms with van der Waals surface area (Å²) in [6.07, 6.45) is 3.00. The minimum absolute atomic E-state index is 0.148. The molecule has 8 heteroatoms. The first kappa shape index (κ1) is 13.8. The minimum atomic E-state index is -0.636. The number of ether oxygens (including phenoxy) is 3. The maximum Gasteiger partial charge on any atom is 0.258 e. The van der Waals surface area contributed by atoms with Crippen molar-refractivity contribution in [2.24, 2.45) is 5.73 Å². The summed E-state index contributed by atoms with van der Waals surface area (Å²) in [6, 6.07) is 1.70. The van der Waals surface area contributed by atoms with Crippen LogP contribution in [0.15, 0.2) is 18.5 Å². The van der Waals surface area contributed by atoms with E-state index < -0.39 is 11.7 Å². The van der Waals surface area contributed by atoms with Gasteiger partial charge in [0.1, 0.15) is 18.3 Å². The van der Waals surface area contributed by atoms with Gasteiger partial charge >= 0.3 is 0 Å². The van der Waals surface area contributed by atoms with Gasteiger partial charge in [-0.15, -0.1) is 5.10 Å². The second-order valence-corrected chi connectivity index (χ2v) is 5.19. The quantitative estimate of drug-likeness (QED) is 0.873. The zero-order valence-corrected chi connectivity index (χ0v) is 11.8. The zero-order valence-electron chi connectivity index (χ0n) is 11.8. The molecule has 1 atom stereocenters. The van der Waals surface area contributed by atoms with E-state index in [0.29, 0.717) is 12.3 Å². The van der Waals surface area contributed by atoms with Crippen molar-refractivity contribution >= 4 is 11.6 Å². The Balaban J connectivity index is 1.81. The lowest BCUT2D eigenvalue weighted by Gasteiger charge is -2.16. The highest BCUT2D eigenvalue weighted by Gasteiger charge is 2.33. The van der Waals surface area contributed by atoms with Gasteiger partial charge in [0.2, 0.25) is 5.88 Å². The summed E-state index contributed by atoms with van der Waals surface area (Å²) in [5, 5.41) is 4.17. The molecule has 0 spiro atoms. The standard InChI is InChI=1S/C13H16N4O4/c1-13(2)20-7-8(21-13)6-19-12-9(10(14)18)11-15-4-3-5-17(11)16-12/h3-5,8H,6-7H2,1-2H3,(H2,14,18)/t8-/m0/s1. The first-order chi connectivity index (χ1) is 9.96. The van der Waals surface area contributed by atoms with Crippen LogP contribution in [0.2, 0.25) is 0 Å². The molecule has 112 valence electrons. The van der Waals surface area contributed by atoms with Crippen LogP contribution < -0.4 is 10.5 Å². The lowest BCUT2D eigenvalue weighted by molar-refractivity contribution is -0.141. The molecule has 0 aliphatic carbocycles. The number of nitrogens with zero attached hydrogens (tertiary/aromatic N) is 3. The fourth-order valence-corrected chi connectivity index (χ4v) is 2.20. The van der Waals surface area contributed by atoms with Crippen molar-refractivity contribution in [1.29, 1.82) is 0 Å². The average molecular weight is 292 g/mol. The molecule has 1 fully saturated rings. The molecule has 0 unspecified atom stereocenters. The van der Waals surface area contributed by atoms with Gasteiger partial charge in [-0.25, -0.2) is 9.50 Å². The number of fused-ring (bicyclic) bond motifs is 1. The highest BCUT2D eigenvalue weighted by Crippen LogP contribution is 2.24. The van der Waals surface area contributed by atoms with E-state index in [1.54, 1.807) is 18.5 Å². The van der Waals surface area contributed by atoms with Crippen molar-refractivity contribution in [3.05, 3.63) is 24.0 Å². The van der Waals surface area contributed by atoms with Crippen molar-refractivity contribution in [1.82, 2.24) is 14.6 Å². The molecule has 21 heavy (non-hydrogen) atoms. The normalized spacial score (nSPS) is 20.8. The molecule has 0 bridgehead atoms. The van der Waals surface area contributed by atoms with Crippen LogP contribution in [0.1, 0.15) is 24.2 Å². The number of carbonyl (C=O) groups is 1. The highest BCUT2D eigenvalue weighted by molar-refractivity contribution is 6.01. The molecular formula is C13H16N4O4. The summed E-state index contributed by atoms with van der Waals surface area (Å²) in [5.41, 5.74) is 5.91. The Bertz CT molecular complexity index is 682. The van der Waals surface area contributed by atoms with Gasteiger partial charge in [0.25, 0.3) is 5.91 Å². The van der Waals surface area contributed by atoms with Gasteiger partial charge in [-0.1, -0.05) is 0 Å². The predicted octanol–water partition coefficient (Wildman–Crippen LogP) is 0.359. The van der Waals surface area contributed by atoms with E-state index in [1.807, 2.05) is 13.8 Å². The lowest BCUT2D eigenvalue weighted by Crippen LogP contribution is -2.25. The summed E-state index contributed by atoms with van der Waals surface area (Å²) >= 11 is 0. The number of rotatable bonds is 4. The molecule has 1 aliphatic rings. The predicted molar refractivity (Wildman–Crippen MR) is 71.9 cm³/mol. The second kappa shape index (κ2) is 4.97. The van der Waals surface area contributed by atoms with E-state index >= 15 is 0 Å². The molecule has 1 amide bonds. The van der Waals surface area contributed by atoms with E-state index in [1.165, 1.54) is 4.52 Å². The number of carbonyl (C=O) groups excluding carboxylic acids is 1. The maximum absolute atomic E-state index is 11.6. The van der Waals surface area contributed by atoms with Crippen molar-refractivity contribution in [2.45, 2.75) is 25.7 Å². The topological polar surface area (TPSA) is 101 Å².